The first-order valence-electron chi connectivity index (χ1n) is 45.8. The zero-order chi connectivity index (χ0) is 99.5. The summed E-state index contributed by atoms with van der Waals surface area (Å²) < 4.78 is 155. The van der Waals surface area contributed by atoms with Crippen LogP contribution in [0.1, 0.15) is 219 Å². The fourth-order valence-electron chi connectivity index (χ4n) is 18.2. The van der Waals surface area contributed by atoms with E-state index in [9.17, 15) is 66.1 Å². The molecule has 5 aliphatic heterocycles. The van der Waals surface area contributed by atoms with E-state index in [1.54, 1.807) is 177 Å². The highest BCUT2D eigenvalue weighted by Crippen LogP contribution is 2.40. The van der Waals surface area contributed by atoms with Crippen LogP contribution >= 0.6 is 11.6 Å². The molecule has 135 heavy (non-hydrogen) atoms. The third-order valence-corrected chi connectivity index (χ3v) is 35.7. The molecule has 30 nitrogen and oxygen atoms in total. The number of aromatic nitrogens is 5. The van der Waals surface area contributed by atoms with Crippen molar-refractivity contribution >= 4 is 120 Å². The first kappa shape index (κ1) is 104. The maximum absolute atomic E-state index is 13.8. The Hall–Kier alpha value is -11.1. The number of aryl methyl sites for hydroxylation is 6. The Morgan fingerprint density at radius 2 is 0.600 bits per heavy atom. The summed E-state index contributed by atoms with van der Waals surface area (Å²) in [6.07, 6.45) is 9.56. The number of nitrogens with zero attached hydrogens (tertiary/aromatic N) is 11. The number of sulfonamides is 5. The zero-order valence-corrected chi connectivity index (χ0v) is 87.0. The lowest BCUT2D eigenvalue weighted by Crippen LogP contribution is -2.34. The Kier molecular flexibility index (Phi) is 32.7. The lowest BCUT2D eigenvalue weighted by molar-refractivity contribution is 0.0781. The molecule has 0 spiro atoms. The number of rotatable bonds is 21. The predicted molar refractivity (Wildman–Crippen MR) is 534 cm³/mol. The van der Waals surface area contributed by atoms with Gasteiger partial charge in [0, 0.05) is 175 Å². The number of nitrogens with one attached hydrogen (secondary N) is 4. The van der Waals surface area contributed by atoms with Gasteiger partial charge in [0.15, 0.2) is 0 Å². The Bertz CT molecular complexity index is 6700. The van der Waals surface area contributed by atoms with Crippen molar-refractivity contribution in [1.82, 2.24) is 47.3 Å². The fraction of sp³-hybridized carbons (Fsp3) is 0.444. The summed E-state index contributed by atoms with van der Waals surface area (Å²) >= 11 is 6.12. The Labute approximate surface area is 803 Å². The van der Waals surface area contributed by atoms with Crippen molar-refractivity contribution in [1.29, 1.82) is 0 Å². The van der Waals surface area contributed by atoms with Crippen LogP contribution in [-0.4, -0.2) is 191 Å². The van der Waals surface area contributed by atoms with E-state index in [4.69, 9.17) is 11.6 Å². The van der Waals surface area contributed by atoms with Crippen LogP contribution in [0.5, 0.6) is 0 Å². The minimum atomic E-state index is -3.97. The quantitative estimate of drug-likeness (QED) is 0.0519. The molecule has 0 radical (unpaired) electrons. The summed E-state index contributed by atoms with van der Waals surface area (Å²) in [5.41, 5.74) is 16.3. The van der Waals surface area contributed by atoms with Gasteiger partial charge in [-0.1, -0.05) is 83.9 Å². The maximum Gasteiger partial charge on any atom is 0.266 e. The summed E-state index contributed by atoms with van der Waals surface area (Å²) in [5.74, 6) is -1.01. The highest BCUT2D eigenvalue weighted by Gasteiger charge is 2.42. The average Bonchev–Trinajstić information content (AvgIpc) is 1.64. The SMILES string of the molecule is CCN(c1ccccc1C)S(=O)(=O)c1c(C(=O)N2CCCC2)c(C)n(C)c1C.Cc1c(Cl)cccc1NS(=O)(=O)c1c(C(=O)N2CCCC2)c(C)n(C)c1C.Cc1ccc(C)c(NS(=O)(=O)c2c(C(=O)N3CCCC3)c(C)n(C)c2C)c1.Cc1ccc(NS(=O)(=O)c2c(C(=O)N3CCCC3)c(C)n(C)c2C)cc1.Cc1cccc(C)c1NS(=O)(=O)c1c(C(=O)N2CCCC2)c(C)n(C)c1C. The number of carbonyl (C=O) groups is 5. The molecule has 4 N–H and O–H groups in total. The van der Waals surface area contributed by atoms with E-state index < -0.39 is 50.1 Å². The van der Waals surface area contributed by atoms with E-state index in [0.29, 0.717) is 167 Å². The van der Waals surface area contributed by atoms with Crippen LogP contribution in [0, 0.1) is 118 Å². The number of carbonyl (C=O) groups excluding carboxylic acids is 5. The molecule has 36 heteroatoms. The number of para-hydroxylation sites is 2. The van der Waals surface area contributed by atoms with Crippen LogP contribution in [0.15, 0.2) is 128 Å². The van der Waals surface area contributed by atoms with Crippen molar-refractivity contribution in [2.45, 2.75) is 213 Å². The topological polar surface area (TPSA) is 348 Å². The summed E-state index contributed by atoms with van der Waals surface area (Å²) in [5, 5.41) is 0.476. The molecule has 10 aromatic rings. The highest BCUT2D eigenvalue weighted by molar-refractivity contribution is 7.94. The molecule has 0 aliphatic carbocycles. The molecule has 730 valence electrons. The third kappa shape index (κ3) is 21.7. The van der Waals surface area contributed by atoms with Crippen LogP contribution < -0.4 is 23.2 Å². The molecular formula is C99H132ClN15O15S5. The third-order valence-electron chi connectivity index (χ3n) is 27.1. The Morgan fingerprint density at radius 3 is 0.941 bits per heavy atom. The van der Waals surface area contributed by atoms with Gasteiger partial charge in [-0.15, -0.1) is 0 Å². The molecule has 10 heterocycles. The van der Waals surface area contributed by atoms with Gasteiger partial charge in [0.25, 0.3) is 79.7 Å². The summed E-state index contributed by atoms with van der Waals surface area (Å²) in [4.78, 5) is 74.7. The molecule has 5 saturated heterocycles. The molecule has 0 unspecified atom stereocenters. The van der Waals surface area contributed by atoms with Crippen molar-refractivity contribution in [3.05, 3.63) is 232 Å². The molecule has 5 aromatic carbocycles. The van der Waals surface area contributed by atoms with Crippen LogP contribution in [0.25, 0.3) is 0 Å². The molecular weight excluding hydrogens is 1830 g/mol. The van der Waals surface area contributed by atoms with Crippen LogP contribution in [0.2, 0.25) is 5.02 Å². The van der Waals surface area contributed by atoms with E-state index in [1.165, 1.54) is 4.31 Å². The van der Waals surface area contributed by atoms with Gasteiger partial charge in [-0.2, -0.15) is 0 Å². The van der Waals surface area contributed by atoms with Crippen LogP contribution in [0.4, 0.5) is 28.4 Å². The van der Waals surface area contributed by atoms with Gasteiger partial charge in [-0.25, -0.2) is 42.1 Å². The number of amides is 5. The molecule has 0 atom stereocenters. The smallest absolute Gasteiger partial charge is 0.266 e. The van der Waals surface area contributed by atoms with Gasteiger partial charge in [-0.05, 0) is 259 Å². The zero-order valence-electron chi connectivity index (χ0n) is 82.1. The molecule has 0 saturated carbocycles. The van der Waals surface area contributed by atoms with Gasteiger partial charge >= 0.3 is 0 Å². The van der Waals surface area contributed by atoms with Gasteiger partial charge in [0.05, 0.1) is 50.6 Å². The van der Waals surface area contributed by atoms with Crippen molar-refractivity contribution in [2.24, 2.45) is 35.2 Å². The molecule has 0 bridgehead atoms. The van der Waals surface area contributed by atoms with Gasteiger partial charge in [0.2, 0.25) is 0 Å². The van der Waals surface area contributed by atoms with E-state index in [0.717, 1.165) is 97.6 Å². The standard InChI is InChI=1S/C21H29N3O3S.2C20H27N3O3S.C19H24ClN3O3S.C19H25N3O3S/c1-6-24(18-12-8-7-11-15(18)2)28(26,27)20-17(4)22(5)16(3)19(20)21(25)23-13-9-10-14-23;1-13-9-8-10-14(2)18(13)21-27(25,26)19-16(4)22(5)15(3)17(19)20(24)23-11-6-7-12-23;1-13-8-9-14(2)17(12-13)21-27(25,26)19-16(4)22(5)15(3)18(19)20(24)23-10-6-7-11-23;1-12-15(20)8-7-9-16(12)21-27(25,26)18-14(3)22(4)13(2)17(18)19(24)23-10-5-6-11-23;1-13-7-9-16(10-8-13)20-26(24,25)18-15(3)21(4)14(2)17(18)19(23)22-11-5-6-12-22/h7-8,11-12H,6,9-10,13-14H2,1-5H3;8-10,21H,6-7,11-12H2,1-5H3;8-9,12,21H,6-7,10-11H2,1-5H3;7-9,21H,5-6,10-11H2,1-4H3;7-10,20H,5-6,11-12H2,1-4H3. The summed E-state index contributed by atoms with van der Waals surface area (Å²) in [7, 11) is -10.6. The molecule has 5 fully saturated rings. The second kappa shape index (κ2) is 42.2. The van der Waals surface area contributed by atoms with E-state index in [1.807, 2.05) is 134 Å². The van der Waals surface area contributed by atoms with Crippen LogP contribution in [-0.2, 0) is 85.4 Å². The summed E-state index contributed by atoms with van der Waals surface area (Å²) in [6, 6.07) is 30.9. The largest absolute Gasteiger partial charge is 0.350 e. The monoisotopic (exact) mass is 1970 g/mol. The lowest BCUT2D eigenvalue weighted by Gasteiger charge is -2.26. The number of hydrogen-bond acceptors (Lipinski definition) is 15. The number of benzene rings is 5. The van der Waals surface area contributed by atoms with Crippen molar-refractivity contribution in [3.8, 4) is 0 Å². The number of likely N-dealkylation sites (tertiary alicyclic amines) is 5. The lowest BCUT2D eigenvalue weighted by atomic mass is 10.1. The molecule has 5 aromatic heterocycles. The minimum Gasteiger partial charge on any atom is -0.350 e. The van der Waals surface area contributed by atoms with Gasteiger partial charge < -0.3 is 47.3 Å². The van der Waals surface area contributed by atoms with Crippen LogP contribution in [0.3, 0.4) is 0 Å². The highest BCUT2D eigenvalue weighted by atomic mass is 35.5. The van der Waals surface area contributed by atoms with Crippen molar-refractivity contribution < 1.29 is 66.1 Å². The number of hydrogen-bond donors (Lipinski definition) is 4. The predicted octanol–water partition coefficient (Wildman–Crippen LogP) is 16.6. The second-order valence-electron chi connectivity index (χ2n) is 35.9. The molecule has 15 rings (SSSR count). The van der Waals surface area contributed by atoms with Gasteiger partial charge in [-0.3, -0.25) is 47.2 Å². The van der Waals surface area contributed by atoms with Crippen molar-refractivity contribution in [3.63, 3.8) is 0 Å². The maximum atomic E-state index is 13.8. The summed E-state index contributed by atoms with van der Waals surface area (Å²) in [6.45, 7) is 39.6. The number of anilines is 5. The van der Waals surface area contributed by atoms with E-state index >= 15 is 0 Å². The molecule has 5 amide bonds. The van der Waals surface area contributed by atoms with E-state index in [2.05, 4.69) is 18.9 Å². The number of halogens is 1. The minimum absolute atomic E-state index is 0.0405. The first-order valence-corrected chi connectivity index (χ1v) is 53.5. The van der Waals surface area contributed by atoms with Gasteiger partial charge in [0.1, 0.15) is 24.5 Å². The van der Waals surface area contributed by atoms with E-state index in [-0.39, 0.29) is 82.8 Å². The fourth-order valence-corrected chi connectivity index (χ4v) is 27.0. The Morgan fingerprint density at radius 1 is 0.311 bits per heavy atom. The Balaban J connectivity index is 0.000000162. The first-order chi connectivity index (χ1) is 63.4. The normalized spacial score (nSPS) is 14.6. The van der Waals surface area contributed by atoms with Crippen molar-refractivity contribution in [2.75, 3.05) is 95.2 Å². The average molecular weight is 1970 g/mol. The second-order valence-corrected chi connectivity index (χ2v) is 44.6. The molecule has 5 aliphatic rings.